The molecule has 0 saturated carbocycles. The highest BCUT2D eigenvalue weighted by Crippen LogP contribution is 2.37. The summed E-state index contributed by atoms with van der Waals surface area (Å²) in [6.07, 6.45) is -5.65. The van der Waals surface area contributed by atoms with E-state index in [9.17, 15) is 35.5 Å². The highest BCUT2D eigenvalue weighted by atomic mass is 35.5. The number of hydrogen-bond donors (Lipinski definition) is 0. The van der Waals surface area contributed by atoms with Crippen molar-refractivity contribution in [3.05, 3.63) is 34.4 Å². The minimum Gasteiger partial charge on any atom is -0.275 e. The predicted molar refractivity (Wildman–Crippen MR) is 41.5 cm³/mol. The lowest BCUT2D eigenvalue weighted by molar-refractivity contribution is -0.143. The second-order valence-electron chi connectivity index (χ2n) is 2.78. The molecule has 1 aromatic carbocycles. The maximum Gasteiger partial charge on any atom is 0.422 e. The van der Waals surface area contributed by atoms with E-state index in [1.54, 1.807) is 0 Å². The number of halogens is 8. The number of benzene rings is 1. The van der Waals surface area contributed by atoms with Gasteiger partial charge >= 0.3 is 6.18 Å². The van der Waals surface area contributed by atoms with Crippen molar-refractivity contribution in [2.45, 2.75) is 6.18 Å². The molecule has 0 fully saturated rings. The van der Waals surface area contributed by atoms with Crippen LogP contribution in [0.4, 0.5) is 30.7 Å². The standard InChI is InChI=1S/C8ClF7O/c9-7(17)1-3(10)5(12)2(8(14,15)16)6(13)4(1)11. The fourth-order valence-electron chi connectivity index (χ4n) is 1.05. The third kappa shape index (κ3) is 2.21. The molecule has 0 radical (unpaired) electrons. The monoisotopic (exact) mass is 280 g/mol. The highest BCUT2D eigenvalue weighted by molar-refractivity contribution is 6.67. The van der Waals surface area contributed by atoms with Crippen molar-refractivity contribution in [2.24, 2.45) is 0 Å². The molecule has 0 N–H and O–H groups in total. The second-order valence-corrected chi connectivity index (χ2v) is 3.12. The van der Waals surface area contributed by atoms with Crippen molar-refractivity contribution in [2.75, 3.05) is 0 Å². The van der Waals surface area contributed by atoms with Crippen LogP contribution in [0.1, 0.15) is 15.9 Å². The van der Waals surface area contributed by atoms with Crippen LogP contribution in [-0.4, -0.2) is 5.24 Å². The molecule has 1 nitrogen and oxygen atoms in total. The molecule has 0 aromatic heterocycles. The Morgan fingerprint density at radius 2 is 1.24 bits per heavy atom. The lowest BCUT2D eigenvalue weighted by atomic mass is 10.1. The molecule has 0 bridgehead atoms. The molecule has 0 heterocycles. The normalized spacial score (nSPS) is 11.8. The van der Waals surface area contributed by atoms with E-state index in [4.69, 9.17) is 0 Å². The Hall–Kier alpha value is -1.31. The van der Waals surface area contributed by atoms with Crippen LogP contribution in [0.15, 0.2) is 0 Å². The zero-order valence-corrected chi connectivity index (χ0v) is 8.19. The Balaban J connectivity index is 3.77. The van der Waals surface area contributed by atoms with Gasteiger partial charge in [-0.05, 0) is 11.6 Å². The maximum absolute atomic E-state index is 12.9. The van der Waals surface area contributed by atoms with Gasteiger partial charge in [0.1, 0.15) is 11.1 Å². The van der Waals surface area contributed by atoms with Gasteiger partial charge in [-0.25, -0.2) is 17.6 Å². The minimum atomic E-state index is -5.65. The van der Waals surface area contributed by atoms with Gasteiger partial charge in [0.05, 0.1) is 0 Å². The lowest BCUT2D eigenvalue weighted by Crippen LogP contribution is -2.18. The van der Waals surface area contributed by atoms with E-state index in [0.717, 1.165) is 0 Å². The molecule has 0 aliphatic heterocycles. The van der Waals surface area contributed by atoms with Gasteiger partial charge in [-0.1, -0.05) is 0 Å². The summed E-state index contributed by atoms with van der Waals surface area (Å²) in [6.45, 7) is 0. The Morgan fingerprint density at radius 3 is 1.47 bits per heavy atom. The number of carbonyl (C=O) groups excluding carboxylic acids is 1. The van der Waals surface area contributed by atoms with Gasteiger partial charge in [-0.3, -0.25) is 4.79 Å². The zero-order chi connectivity index (χ0) is 13.5. The Labute approximate surface area is 93.8 Å². The number of rotatable bonds is 1. The van der Waals surface area contributed by atoms with Crippen LogP contribution < -0.4 is 0 Å². The summed E-state index contributed by atoms with van der Waals surface area (Å²) < 4.78 is 87.7. The topological polar surface area (TPSA) is 17.1 Å². The van der Waals surface area contributed by atoms with Crippen molar-refractivity contribution < 1.29 is 35.5 Å². The van der Waals surface area contributed by atoms with E-state index < -0.39 is 45.8 Å². The summed E-state index contributed by atoms with van der Waals surface area (Å²) in [5, 5.41) is -1.95. The van der Waals surface area contributed by atoms with E-state index in [-0.39, 0.29) is 0 Å². The average molecular weight is 281 g/mol. The number of carbonyl (C=O) groups is 1. The van der Waals surface area contributed by atoms with Gasteiger partial charge in [0.2, 0.25) is 0 Å². The summed E-state index contributed by atoms with van der Waals surface area (Å²) in [5.74, 6) is -10.4. The molecule has 0 amide bonds. The largest absolute Gasteiger partial charge is 0.422 e. The third-order valence-electron chi connectivity index (χ3n) is 1.74. The summed E-state index contributed by atoms with van der Waals surface area (Å²) in [6, 6.07) is 0. The SMILES string of the molecule is O=C(Cl)c1c(F)c(F)c(C(F)(F)F)c(F)c1F. The van der Waals surface area contributed by atoms with E-state index in [0.29, 0.717) is 0 Å². The van der Waals surface area contributed by atoms with Crippen LogP contribution in [0.2, 0.25) is 0 Å². The summed E-state index contributed by atoms with van der Waals surface area (Å²) in [4.78, 5) is 10.4. The van der Waals surface area contributed by atoms with Gasteiger partial charge in [-0.15, -0.1) is 0 Å². The quantitative estimate of drug-likeness (QED) is 0.436. The molecular formula is C8ClF7O. The van der Waals surface area contributed by atoms with Crippen molar-refractivity contribution in [3.8, 4) is 0 Å². The number of alkyl halides is 3. The Morgan fingerprint density at radius 1 is 0.882 bits per heavy atom. The van der Waals surface area contributed by atoms with Crippen LogP contribution in [0.5, 0.6) is 0 Å². The third-order valence-corrected chi connectivity index (χ3v) is 1.93. The molecule has 0 unspecified atom stereocenters. The molecule has 17 heavy (non-hydrogen) atoms. The minimum absolute atomic E-state index is 1.91. The van der Waals surface area contributed by atoms with Crippen LogP contribution in [0, 0.1) is 23.3 Å². The molecule has 1 rings (SSSR count). The fraction of sp³-hybridized carbons (Fsp3) is 0.125. The number of hydrogen-bond acceptors (Lipinski definition) is 1. The van der Waals surface area contributed by atoms with E-state index >= 15 is 0 Å². The Bertz CT molecular complexity index is 465. The molecule has 9 heteroatoms. The van der Waals surface area contributed by atoms with E-state index in [1.165, 1.54) is 0 Å². The van der Waals surface area contributed by atoms with Gasteiger partial charge in [0, 0.05) is 0 Å². The lowest BCUT2D eigenvalue weighted by Gasteiger charge is -2.12. The molecule has 0 aliphatic rings. The van der Waals surface area contributed by atoms with Crippen LogP contribution in [-0.2, 0) is 6.18 Å². The van der Waals surface area contributed by atoms with E-state index in [2.05, 4.69) is 11.6 Å². The summed E-state index contributed by atoms with van der Waals surface area (Å²) in [5.41, 5.74) is -4.66. The average Bonchev–Trinajstić information content (AvgIpc) is 2.12. The summed E-state index contributed by atoms with van der Waals surface area (Å²) >= 11 is 4.59. The maximum atomic E-state index is 12.9. The Kier molecular flexibility index (Phi) is 3.37. The van der Waals surface area contributed by atoms with Crippen LogP contribution >= 0.6 is 11.6 Å². The molecule has 0 atom stereocenters. The highest BCUT2D eigenvalue weighted by Gasteiger charge is 2.43. The molecule has 0 saturated heterocycles. The predicted octanol–water partition coefficient (Wildman–Crippen LogP) is 3.64. The second kappa shape index (κ2) is 4.17. The molecule has 1 aromatic rings. The zero-order valence-electron chi connectivity index (χ0n) is 7.43. The van der Waals surface area contributed by atoms with Crippen molar-refractivity contribution >= 4 is 16.8 Å². The molecule has 0 spiro atoms. The van der Waals surface area contributed by atoms with Crippen LogP contribution in [0.3, 0.4) is 0 Å². The van der Waals surface area contributed by atoms with Gasteiger partial charge < -0.3 is 0 Å². The molecule has 94 valence electrons. The first-order valence-corrected chi connectivity index (χ1v) is 4.09. The van der Waals surface area contributed by atoms with Crippen molar-refractivity contribution in [3.63, 3.8) is 0 Å². The van der Waals surface area contributed by atoms with Gasteiger partial charge in [-0.2, -0.15) is 13.2 Å². The van der Waals surface area contributed by atoms with E-state index in [1.807, 2.05) is 0 Å². The van der Waals surface area contributed by atoms with Gasteiger partial charge in [0.25, 0.3) is 5.24 Å². The smallest absolute Gasteiger partial charge is 0.275 e. The molecule has 0 aliphatic carbocycles. The fourth-order valence-corrected chi connectivity index (χ4v) is 1.22. The first-order chi connectivity index (χ1) is 7.59. The molecular weight excluding hydrogens is 281 g/mol. The first kappa shape index (κ1) is 13.8. The van der Waals surface area contributed by atoms with Crippen LogP contribution in [0.25, 0.3) is 0 Å². The summed E-state index contributed by atoms with van der Waals surface area (Å²) in [7, 11) is 0. The van der Waals surface area contributed by atoms with Crippen molar-refractivity contribution in [1.82, 2.24) is 0 Å². The van der Waals surface area contributed by atoms with Crippen molar-refractivity contribution in [1.29, 1.82) is 0 Å². The first-order valence-electron chi connectivity index (χ1n) is 3.72. The van der Waals surface area contributed by atoms with Gasteiger partial charge in [0.15, 0.2) is 23.3 Å².